The summed E-state index contributed by atoms with van der Waals surface area (Å²) in [5.41, 5.74) is 2.98. The average molecular weight is 463 g/mol. The summed E-state index contributed by atoms with van der Waals surface area (Å²) in [6.07, 6.45) is -0.215. The van der Waals surface area contributed by atoms with E-state index < -0.39 is 6.09 Å². The van der Waals surface area contributed by atoms with Gasteiger partial charge in [-0.2, -0.15) is 0 Å². The van der Waals surface area contributed by atoms with Crippen LogP contribution in [0.4, 0.5) is 4.79 Å². The molecule has 2 amide bonds. The molecule has 0 fully saturated rings. The van der Waals surface area contributed by atoms with Crippen molar-refractivity contribution in [3.05, 3.63) is 82.7 Å². The molecular formula is C24H26BN3O4S. The van der Waals surface area contributed by atoms with Crippen LogP contribution in [0.5, 0.6) is 0 Å². The second-order valence-corrected chi connectivity index (χ2v) is 8.56. The van der Waals surface area contributed by atoms with E-state index in [1.54, 1.807) is 13.0 Å². The van der Waals surface area contributed by atoms with Crippen LogP contribution in [-0.4, -0.2) is 38.2 Å². The number of alkyl carbamates (subject to hydrolysis) is 1. The Morgan fingerprint density at radius 3 is 2.61 bits per heavy atom. The Morgan fingerprint density at radius 2 is 1.82 bits per heavy atom. The van der Waals surface area contributed by atoms with Gasteiger partial charge in [-0.25, -0.2) is 4.79 Å². The second kappa shape index (κ2) is 12.7. The summed E-state index contributed by atoms with van der Waals surface area (Å²) in [5, 5.41) is 8.60. The molecule has 0 aliphatic rings. The number of hydrogen-bond donors (Lipinski definition) is 3. The van der Waals surface area contributed by atoms with Gasteiger partial charge in [0.1, 0.15) is 6.61 Å². The molecule has 1 aromatic heterocycles. The van der Waals surface area contributed by atoms with Gasteiger partial charge in [-0.15, -0.1) is 0 Å². The van der Waals surface area contributed by atoms with Gasteiger partial charge in [0, 0.05) is 6.04 Å². The van der Waals surface area contributed by atoms with Crippen molar-refractivity contribution < 1.29 is 19.0 Å². The molecule has 33 heavy (non-hydrogen) atoms. The predicted molar refractivity (Wildman–Crippen MR) is 129 cm³/mol. The molecule has 0 radical (unpaired) electrons. The van der Waals surface area contributed by atoms with Crippen LogP contribution in [0.25, 0.3) is 10.4 Å². The van der Waals surface area contributed by atoms with Gasteiger partial charge < -0.3 is 10.1 Å². The molecule has 0 saturated carbocycles. The number of ether oxygens (including phenoxy) is 1. The van der Waals surface area contributed by atoms with E-state index in [0.29, 0.717) is 17.9 Å². The molecule has 3 N–H and O–H groups in total. The van der Waals surface area contributed by atoms with Crippen molar-refractivity contribution in [1.82, 2.24) is 16.0 Å². The van der Waals surface area contributed by atoms with E-state index in [2.05, 4.69) is 16.0 Å². The van der Waals surface area contributed by atoms with Gasteiger partial charge in [0.15, 0.2) is 0 Å². The molecule has 7 nitrogen and oxygen atoms in total. The van der Waals surface area contributed by atoms with E-state index in [0.717, 1.165) is 28.7 Å². The van der Waals surface area contributed by atoms with Gasteiger partial charge in [0.05, 0.1) is 0 Å². The first-order valence-corrected chi connectivity index (χ1v) is 11.5. The number of benzene rings is 2. The van der Waals surface area contributed by atoms with Crippen molar-refractivity contribution in [2.24, 2.45) is 0 Å². The number of hydrogen-bond acceptors (Lipinski definition) is 6. The molecule has 1 heterocycles. The van der Waals surface area contributed by atoms with Gasteiger partial charge in [-0.1, -0.05) is 30.3 Å². The van der Waals surface area contributed by atoms with E-state index in [1.807, 2.05) is 60.7 Å². The molecule has 0 saturated heterocycles. The van der Waals surface area contributed by atoms with Crippen molar-refractivity contribution >= 4 is 30.5 Å². The summed E-state index contributed by atoms with van der Waals surface area (Å²) in [4.78, 5) is 26.1. The van der Waals surface area contributed by atoms with Crippen molar-refractivity contribution in [2.75, 3.05) is 13.0 Å². The largest absolute Gasteiger partial charge is 0.445 e. The van der Waals surface area contributed by atoms with Crippen LogP contribution >= 0.6 is 11.3 Å². The standard InChI is InChI=1S/C24H26BN3O4S/c1-17(28-24(30)32-15-18-6-3-2-4-7-18)13-27-23(29)22-11-10-21(33-22)20-9-5-8-19(12-20)14-26-16-25-31/h2-12,17,26H,13-16H2,1H3,(H,27,29)(H,28,30). The Kier molecular flexibility index (Phi) is 9.35. The Balaban J connectivity index is 1.46. The molecule has 3 aromatic rings. The van der Waals surface area contributed by atoms with Crippen LogP contribution in [0.3, 0.4) is 0 Å². The van der Waals surface area contributed by atoms with E-state index in [4.69, 9.17) is 4.74 Å². The van der Waals surface area contributed by atoms with Crippen molar-refractivity contribution in [2.45, 2.75) is 26.1 Å². The van der Waals surface area contributed by atoms with Crippen LogP contribution < -0.4 is 16.0 Å². The zero-order valence-electron chi connectivity index (χ0n) is 18.4. The first-order valence-electron chi connectivity index (χ1n) is 10.6. The number of amides is 2. The van der Waals surface area contributed by atoms with Crippen molar-refractivity contribution in [1.29, 1.82) is 0 Å². The number of carbonyl (C=O) groups is 2. The Hall–Kier alpha value is -3.30. The zero-order valence-corrected chi connectivity index (χ0v) is 19.2. The van der Waals surface area contributed by atoms with Crippen molar-refractivity contribution in [3.8, 4) is 10.4 Å². The smallest absolute Gasteiger partial charge is 0.407 e. The third-order valence-electron chi connectivity index (χ3n) is 4.74. The maximum Gasteiger partial charge on any atom is 0.407 e. The zero-order chi connectivity index (χ0) is 23.5. The molecular weight excluding hydrogens is 437 g/mol. The van der Waals surface area contributed by atoms with Crippen LogP contribution in [0.1, 0.15) is 27.7 Å². The monoisotopic (exact) mass is 463 g/mol. The molecule has 2 aromatic carbocycles. The summed E-state index contributed by atoms with van der Waals surface area (Å²) in [5.74, 6) is -0.193. The fraction of sp³-hybridized carbons (Fsp3) is 0.250. The molecule has 1 atom stereocenters. The molecule has 0 aliphatic heterocycles. The van der Waals surface area contributed by atoms with E-state index in [-0.39, 0.29) is 25.1 Å². The summed E-state index contributed by atoms with van der Waals surface area (Å²) >= 11 is 1.40. The number of carbonyl (C=O) groups excluding carboxylic acids is 2. The molecule has 3 rings (SSSR count). The molecule has 0 bridgehead atoms. The SMILES string of the molecule is CC(CNC(=O)c1ccc(-c2cccc(CNCB=O)c2)s1)NC(=O)OCc1ccccc1. The van der Waals surface area contributed by atoms with Gasteiger partial charge in [0.2, 0.25) is 0 Å². The first-order chi connectivity index (χ1) is 16.0. The van der Waals surface area contributed by atoms with Gasteiger partial charge in [-0.3, -0.25) is 0 Å². The summed E-state index contributed by atoms with van der Waals surface area (Å²) in [6.45, 7) is 2.88. The third-order valence-corrected chi connectivity index (χ3v) is 5.88. The van der Waals surface area contributed by atoms with Gasteiger partial charge in [-0.05, 0) is 12.5 Å². The number of nitrogens with one attached hydrogen (secondary N) is 3. The average Bonchev–Trinajstić information content (AvgIpc) is 3.33. The maximum atomic E-state index is 12.5. The minimum Gasteiger partial charge on any atom is -0.445 e. The molecule has 1 unspecified atom stereocenters. The number of thiophene rings is 1. The Labute approximate surface area is 197 Å². The summed E-state index contributed by atoms with van der Waals surface area (Å²) in [7, 11) is 0.831. The molecule has 0 aliphatic carbocycles. The van der Waals surface area contributed by atoms with Crippen LogP contribution in [0.15, 0.2) is 66.7 Å². The van der Waals surface area contributed by atoms with E-state index >= 15 is 0 Å². The minimum absolute atomic E-state index is 0.193. The fourth-order valence-corrected chi connectivity index (χ4v) is 3.99. The quantitative estimate of drug-likeness (QED) is 0.299. The number of rotatable bonds is 11. The fourth-order valence-electron chi connectivity index (χ4n) is 3.07. The van der Waals surface area contributed by atoms with Crippen LogP contribution in [-0.2, 0) is 22.6 Å². The topological polar surface area (TPSA) is 96.5 Å². The van der Waals surface area contributed by atoms with Crippen LogP contribution in [0.2, 0.25) is 0 Å². The third kappa shape index (κ3) is 7.96. The second-order valence-electron chi connectivity index (χ2n) is 7.48. The summed E-state index contributed by atoms with van der Waals surface area (Å²) < 4.78 is 15.7. The Morgan fingerprint density at radius 1 is 1.03 bits per heavy atom. The summed E-state index contributed by atoms with van der Waals surface area (Å²) in [6, 6.07) is 20.8. The van der Waals surface area contributed by atoms with Gasteiger partial charge >= 0.3 is 127 Å². The predicted octanol–water partition coefficient (Wildman–Crippen LogP) is 3.56. The van der Waals surface area contributed by atoms with E-state index in [1.165, 1.54) is 11.3 Å². The first kappa shape index (κ1) is 24.3. The minimum atomic E-state index is -0.526. The van der Waals surface area contributed by atoms with Crippen LogP contribution in [0, 0.1) is 0 Å². The van der Waals surface area contributed by atoms with Crippen molar-refractivity contribution in [3.63, 3.8) is 0 Å². The Bertz CT molecular complexity index is 1070. The molecule has 9 heteroatoms. The van der Waals surface area contributed by atoms with Gasteiger partial charge in [0.25, 0.3) is 0 Å². The van der Waals surface area contributed by atoms with E-state index in [9.17, 15) is 14.3 Å². The molecule has 170 valence electrons. The maximum absolute atomic E-state index is 12.5. The molecule has 0 spiro atoms. The normalized spacial score (nSPS) is 11.3.